The van der Waals surface area contributed by atoms with Crippen molar-refractivity contribution in [1.29, 1.82) is 0 Å². The standard InChI is InChI=1S/C10H16N5O6P/c1-2-19-10(17,22-18)20-3-4-21-15-5-12-6-7(15)13-9(11)14-8(6)16/h12,17H,2-5H2,1H3,(H3,11,13,14,16)/p+1. The third kappa shape index (κ3) is 3.70. The fraction of sp³-hybridized carbons (Fsp3) is 0.600. The van der Waals surface area contributed by atoms with Crippen molar-refractivity contribution < 1.29 is 24.0 Å². The Morgan fingerprint density at radius 3 is 2.95 bits per heavy atom. The number of hydroxylamine groups is 1. The molecular weight excluding hydrogens is 317 g/mol. The summed E-state index contributed by atoms with van der Waals surface area (Å²) < 4.78 is 20.6. The quantitative estimate of drug-likeness (QED) is 0.269. The fourth-order valence-corrected chi connectivity index (χ4v) is 2.14. The number of aliphatic hydroxyl groups is 1. The molecule has 122 valence electrons. The third-order valence-electron chi connectivity index (χ3n) is 2.65. The average Bonchev–Trinajstić information content (AvgIpc) is 2.87. The zero-order valence-electron chi connectivity index (χ0n) is 11.8. The summed E-state index contributed by atoms with van der Waals surface area (Å²) >= 11 is 0. The van der Waals surface area contributed by atoms with Gasteiger partial charge in [0.25, 0.3) is 5.56 Å². The molecule has 1 aliphatic rings. The SMILES string of the molecule is CCOC(O)(OCCON1CNc2c1nc(N)[nH]c2=O)[PH+]=O. The highest BCUT2D eigenvalue weighted by atomic mass is 31.1. The predicted molar refractivity (Wildman–Crippen MR) is 77.7 cm³/mol. The Morgan fingerprint density at radius 2 is 2.27 bits per heavy atom. The van der Waals surface area contributed by atoms with Crippen LogP contribution in [-0.4, -0.2) is 47.3 Å². The van der Waals surface area contributed by atoms with E-state index in [9.17, 15) is 14.5 Å². The minimum Gasteiger partial charge on any atom is -0.369 e. The number of hydrogen-bond acceptors (Lipinski definition) is 10. The van der Waals surface area contributed by atoms with Crippen LogP contribution < -0.4 is 21.7 Å². The molecule has 1 aromatic heterocycles. The monoisotopic (exact) mass is 334 g/mol. The molecule has 2 rings (SSSR count). The molecule has 0 aliphatic carbocycles. The molecule has 0 spiro atoms. The van der Waals surface area contributed by atoms with Gasteiger partial charge in [-0.1, -0.05) is 4.57 Å². The molecule has 0 radical (unpaired) electrons. The number of anilines is 3. The first-order valence-corrected chi connectivity index (χ1v) is 7.33. The van der Waals surface area contributed by atoms with Gasteiger partial charge in [-0.05, 0) is 6.92 Å². The number of fused-ring (bicyclic) bond motifs is 1. The van der Waals surface area contributed by atoms with Crippen molar-refractivity contribution in [2.75, 3.05) is 42.6 Å². The van der Waals surface area contributed by atoms with Gasteiger partial charge in [-0.15, -0.1) is 0 Å². The molecule has 12 heteroatoms. The number of aromatic amines is 1. The second-order valence-electron chi connectivity index (χ2n) is 4.16. The molecular formula is C10H17N5O6P+. The van der Waals surface area contributed by atoms with Crippen LogP contribution in [0.1, 0.15) is 6.92 Å². The number of aromatic nitrogens is 2. The number of H-pyrrole nitrogens is 1. The molecule has 0 bridgehead atoms. The molecule has 2 atom stereocenters. The van der Waals surface area contributed by atoms with Gasteiger partial charge in [0.1, 0.15) is 12.4 Å². The maximum absolute atomic E-state index is 11.6. The Hall–Kier alpha value is -1.78. The number of nitrogens with one attached hydrogen (secondary N) is 2. The fourth-order valence-electron chi connectivity index (χ4n) is 1.77. The summed E-state index contributed by atoms with van der Waals surface area (Å²) in [5.74, 6) is 0.225. The Labute approximate surface area is 126 Å². The lowest BCUT2D eigenvalue weighted by Gasteiger charge is -2.18. The normalized spacial score (nSPS) is 16.4. The second kappa shape index (κ2) is 6.99. The molecule has 1 aromatic rings. The van der Waals surface area contributed by atoms with Crippen molar-refractivity contribution in [3.05, 3.63) is 10.4 Å². The summed E-state index contributed by atoms with van der Waals surface area (Å²) in [6.07, 6.45) is 0. The van der Waals surface area contributed by atoms with Crippen LogP contribution in [0, 0.1) is 0 Å². The zero-order valence-corrected chi connectivity index (χ0v) is 12.8. The zero-order chi connectivity index (χ0) is 16.2. The average molecular weight is 334 g/mol. The summed E-state index contributed by atoms with van der Waals surface area (Å²) in [5.41, 5.74) is 3.18. The van der Waals surface area contributed by atoms with E-state index in [2.05, 4.69) is 15.3 Å². The highest BCUT2D eigenvalue weighted by Crippen LogP contribution is 2.26. The van der Waals surface area contributed by atoms with E-state index < -0.39 is 19.7 Å². The van der Waals surface area contributed by atoms with Crippen LogP contribution in [0.25, 0.3) is 0 Å². The number of ether oxygens (including phenoxy) is 2. The molecule has 5 N–H and O–H groups in total. The summed E-state index contributed by atoms with van der Waals surface area (Å²) in [5, 5.41) is 13.8. The molecule has 11 nitrogen and oxygen atoms in total. The van der Waals surface area contributed by atoms with Gasteiger partial charge in [0.2, 0.25) is 5.95 Å². The van der Waals surface area contributed by atoms with Crippen LogP contribution in [0.3, 0.4) is 0 Å². The van der Waals surface area contributed by atoms with Crippen LogP contribution in [0.5, 0.6) is 0 Å². The van der Waals surface area contributed by atoms with E-state index in [0.717, 1.165) is 0 Å². The van der Waals surface area contributed by atoms with Gasteiger partial charge < -0.3 is 16.2 Å². The number of rotatable bonds is 8. The minimum absolute atomic E-state index is 0.00929. The van der Waals surface area contributed by atoms with Crippen molar-refractivity contribution in [3.63, 3.8) is 0 Å². The summed E-state index contributed by atoms with van der Waals surface area (Å²) in [7, 11) is -1.20. The highest BCUT2D eigenvalue weighted by molar-refractivity contribution is 7.25. The first-order chi connectivity index (χ1) is 10.5. The molecule has 0 amide bonds. The maximum Gasteiger partial charge on any atom is 0.493 e. The third-order valence-corrected chi connectivity index (χ3v) is 3.20. The molecule has 2 heterocycles. The molecule has 22 heavy (non-hydrogen) atoms. The lowest BCUT2D eigenvalue weighted by atomic mass is 10.5. The number of nitrogens with two attached hydrogens (primary N) is 1. The van der Waals surface area contributed by atoms with Gasteiger partial charge in [-0.2, -0.15) is 4.98 Å². The van der Waals surface area contributed by atoms with E-state index in [1.54, 1.807) is 6.92 Å². The first-order valence-electron chi connectivity index (χ1n) is 6.43. The van der Waals surface area contributed by atoms with Crippen LogP contribution in [0.15, 0.2) is 4.79 Å². The maximum atomic E-state index is 11.6. The van der Waals surface area contributed by atoms with Gasteiger partial charge in [-0.25, -0.2) is 5.06 Å². The highest BCUT2D eigenvalue weighted by Gasteiger charge is 2.39. The molecule has 0 saturated heterocycles. The lowest BCUT2D eigenvalue weighted by molar-refractivity contribution is -0.298. The number of hydrogen-bond donors (Lipinski definition) is 4. The predicted octanol–water partition coefficient (Wildman–Crippen LogP) is -0.846. The molecule has 2 unspecified atom stereocenters. The Balaban J connectivity index is 1.88. The number of nitrogen functional groups attached to an aromatic ring is 1. The van der Waals surface area contributed by atoms with Crippen molar-refractivity contribution in [2.45, 2.75) is 12.6 Å². The summed E-state index contributed by atoms with van der Waals surface area (Å²) in [4.78, 5) is 23.3. The second-order valence-corrected chi connectivity index (χ2v) is 5.00. The van der Waals surface area contributed by atoms with Crippen molar-refractivity contribution in [3.8, 4) is 0 Å². The van der Waals surface area contributed by atoms with Gasteiger partial charge >= 0.3 is 14.2 Å². The Morgan fingerprint density at radius 1 is 1.50 bits per heavy atom. The van der Waals surface area contributed by atoms with Crippen LogP contribution in [0.2, 0.25) is 0 Å². The molecule has 0 aromatic carbocycles. The molecule has 1 aliphatic heterocycles. The summed E-state index contributed by atoms with van der Waals surface area (Å²) in [6, 6.07) is 0. The summed E-state index contributed by atoms with van der Waals surface area (Å²) in [6.45, 7) is 1.90. The van der Waals surface area contributed by atoms with Crippen LogP contribution in [-0.2, 0) is 18.9 Å². The van der Waals surface area contributed by atoms with Crippen molar-refractivity contribution in [2.24, 2.45) is 0 Å². The van der Waals surface area contributed by atoms with E-state index in [4.69, 9.17) is 20.0 Å². The smallest absolute Gasteiger partial charge is 0.369 e. The van der Waals surface area contributed by atoms with Crippen LogP contribution >= 0.6 is 8.46 Å². The van der Waals surface area contributed by atoms with E-state index in [1.165, 1.54) is 5.06 Å². The van der Waals surface area contributed by atoms with Gasteiger partial charge in [0.15, 0.2) is 5.82 Å². The van der Waals surface area contributed by atoms with Gasteiger partial charge in [0, 0.05) is 0 Å². The largest absolute Gasteiger partial charge is 0.493 e. The Kier molecular flexibility index (Phi) is 5.27. The van der Waals surface area contributed by atoms with Crippen LogP contribution in [0.4, 0.5) is 17.5 Å². The van der Waals surface area contributed by atoms with E-state index >= 15 is 0 Å². The van der Waals surface area contributed by atoms with Gasteiger partial charge in [-0.3, -0.25) is 24.1 Å². The number of nitrogens with zero attached hydrogens (tertiary/aromatic N) is 2. The lowest BCUT2D eigenvalue weighted by Crippen LogP contribution is -2.32. The topological polar surface area (TPSA) is 152 Å². The van der Waals surface area contributed by atoms with Crippen molar-refractivity contribution >= 4 is 25.9 Å². The van der Waals surface area contributed by atoms with E-state index in [-0.39, 0.29) is 43.9 Å². The van der Waals surface area contributed by atoms with Gasteiger partial charge in [0.05, 0.1) is 19.8 Å². The molecule has 0 fully saturated rings. The Bertz CT molecular complexity index is 598. The van der Waals surface area contributed by atoms with Crippen molar-refractivity contribution in [1.82, 2.24) is 9.97 Å². The van der Waals surface area contributed by atoms with E-state index in [0.29, 0.717) is 0 Å². The molecule has 0 saturated carbocycles. The van der Waals surface area contributed by atoms with E-state index in [1.807, 2.05) is 0 Å². The minimum atomic E-state index is -2.14. The first kappa shape index (κ1) is 16.6.